The quantitative estimate of drug-likeness (QED) is 0.803. The monoisotopic (exact) mass is 217 g/mol. The highest BCUT2D eigenvalue weighted by molar-refractivity contribution is 5.81. The minimum absolute atomic E-state index is 0.225. The van der Waals surface area contributed by atoms with Crippen LogP contribution in [-0.2, 0) is 16.0 Å². The number of esters is 1. The fourth-order valence-electron chi connectivity index (χ4n) is 1.79. The van der Waals surface area contributed by atoms with Gasteiger partial charge in [-0.3, -0.25) is 4.79 Å². The zero-order chi connectivity index (χ0) is 11.5. The van der Waals surface area contributed by atoms with Gasteiger partial charge in [0.05, 0.1) is 6.61 Å². The van der Waals surface area contributed by atoms with E-state index < -0.39 is 0 Å². The molecule has 0 bridgehead atoms. The number of hydrogen-bond donors (Lipinski definition) is 1. The van der Waals surface area contributed by atoms with Crippen LogP contribution < -0.4 is 0 Å². The van der Waals surface area contributed by atoms with Crippen LogP contribution in [0.3, 0.4) is 0 Å². The van der Waals surface area contributed by atoms with Crippen LogP contribution in [0.1, 0.15) is 18.2 Å². The summed E-state index contributed by atoms with van der Waals surface area (Å²) in [6.07, 6.45) is 0.758. The maximum absolute atomic E-state index is 10.6. The average Bonchev–Trinajstić information content (AvgIpc) is 2.56. The van der Waals surface area contributed by atoms with Crippen LogP contribution in [0.15, 0.2) is 24.3 Å². The molecule has 1 aromatic heterocycles. The lowest BCUT2D eigenvalue weighted by Crippen LogP contribution is -2.03. The zero-order valence-corrected chi connectivity index (χ0v) is 9.54. The second-order valence-electron chi connectivity index (χ2n) is 3.96. The first-order valence-electron chi connectivity index (χ1n) is 5.37. The van der Waals surface area contributed by atoms with E-state index >= 15 is 0 Å². The molecule has 0 spiro atoms. The topological polar surface area (TPSA) is 42.1 Å². The van der Waals surface area contributed by atoms with E-state index in [1.807, 2.05) is 6.92 Å². The molecule has 0 aliphatic rings. The lowest BCUT2D eigenvalue weighted by atomic mass is 10.1. The van der Waals surface area contributed by atoms with Gasteiger partial charge in [0, 0.05) is 24.6 Å². The van der Waals surface area contributed by atoms with E-state index in [1.165, 1.54) is 17.9 Å². The Kier molecular flexibility index (Phi) is 2.95. The summed E-state index contributed by atoms with van der Waals surface area (Å²) in [4.78, 5) is 13.9. The van der Waals surface area contributed by atoms with Crippen molar-refractivity contribution >= 4 is 16.9 Å². The number of nitrogens with one attached hydrogen (secondary N) is 1. The molecule has 0 aliphatic heterocycles. The van der Waals surface area contributed by atoms with Gasteiger partial charge in [-0.1, -0.05) is 12.1 Å². The molecule has 0 saturated carbocycles. The molecule has 0 atom stereocenters. The third-order valence-electron chi connectivity index (χ3n) is 2.52. The van der Waals surface area contributed by atoms with E-state index in [2.05, 4.69) is 29.2 Å². The molecular weight excluding hydrogens is 202 g/mol. The zero-order valence-electron chi connectivity index (χ0n) is 9.54. The van der Waals surface area contributed by atoms with Gasteiger partial charge in [0.25, 0.3) is 0 Å². The predicted octanol–water partition coefficient (Wildman–Crippen LogP) is 2.58. The second kappa shape index (κ2) is 4.39. The summed E-state index contributed by atoms with van der Waals surface area (Å²) >= 11 is 0. The van der Waals surface area contributed by atoms with Crippen LogP contribution in [0.5, 0.6) is 0 Å². The van der Waals surface area contributed by atoms with Crippen molar-refractivity contribution in [3.63, 3.8) is 0 Å². The largest absolute Gasteiger partial charge is 0.466 e. The van der Waals surface area contributed by atoms with Gasteiger partial charge >= 0.3 is 5.97 Å². The van der Waals surface area contributed by atoms with Crippen molar-refractivity contribution in [2.45, 2.75) is 20.3 Å². The molecule has 1 heterocycles. The fraction of sp³-hybridized carbons (Fsp3) is 0.308. The van der Waals surface area contributed by atoms with E-state index in [1.54, 1.807) is 0 Å². The molecule has 3 heteroatoms. The summed E-state index contributed by atoms with van der Waals surface area (Å²) < 4.78 is 4.91. The molecule has 1 N–H and O–H groups in total. The van der Waals surface area contributed by atoms with Crippen molar-refractivity contribution in [2.75, 3.05) is 6.61 Å². The first-order valence-corrected chi connectivity index (χ1v) is 5.37. The third-order valence-corrected chi connectivity index (χ3v) is 2.52. The van der Waals surface area contributed by atoms with Crippen LogP contribution in [0, 0.1) is 6.92 Å². The Morgan fingerprint density at radius 1 is 1.38 bits per heavy atom. The number of aromatic amines is 1. The molecule has 0 amide bonds. The van der Waals surface area contributed by atoms with Crippen molar-refractivity contribution in [1.29, 1.82) is 0 Å². The molecule has 0 unspecified atom stereocenters. The van der Waals surface area contributed by atoms with E-state index in [0.717, 1.165) is 17.6 Å². The van der Waals surface area contributed by atoms with Gasteiger partial charge in [-0.25, -0.2) is 0 Å². The minimum Gasteiger partial charge on any atom is -0.466 e. The van der Waals surface area contributed by atoms with E-state index in [-0.39, 0.29) is 5.97 Å². The molecule has 0 fully saturated rings. The predicted molar refractivity (Wildman–Crippen MR) is 63.4 cm³/mol. The van der Waals surface area contributed by atoms with E-state index in [9.17, 15) is 4.79 Å². The number of hydrogen-bond acceptors (Lipinski definition) is 2. The van der Waals surface area contributed by atoms with Crippen molar-refractivity contribution < 1.29 is 9.53 Å². The van der Waals surface area contributed by atoms with Crippen molar-refractivity contribution in [1.82, 2.24) is 4.98 Å². The molecular formula is C13H15NO2. The molecule has 84 valence electrons. The summed E-state index contributed by atoms with van der Waals surface area (Å²) in [5.41, 5.74) is 3.47. The van der Waals surface area contributed by atoms with Crippen LogP contribution in [0.2, 0.25) is 0 Å². The number of benzene rings is 1. The Bertz CT molecular complexity index is 514. The number of fused-ring (bicyclic) bond motifs is 1. The summed E-state index contributed by atoms with van der Waals surface area (Å²) in [5.74, 6) is -0.225. The normalized spacial score (nSPS) is 10.6. The van der Waals surface area contributed by atoms with Crippen molar-refractivity contribution in [3.8, 4) is 0 Å². The molecule has 0 radical (unpaired) electrons. The van der Waals surface area contributed by atoms with Gasteiger partial charge in [-0.15, -0.1) is 0 Å². The third kappa shape index (κ3) is 2.42. The Morgan fingerprint density at radius 3 is 2.94 bits per heavy atom. The molecule has 0 saturated heterocycles. The van der Waals surface area contributed by atoms with Gasteiger partial charge in [0.2, 0.25) is 0 Å². The molecule has 2 rings (SSSR count). The molecule has 3 nitrogen and oxygen atoms in total. The van der Waals surface area contributed by atoms with Crippen LogP contribution in [-0.4, -0.2) is 17.6 Å². The number of carbonyl (C=O) groups is 1. The van der Waals surface area contributed by atoms with Crippen molar-refractivity contribution in [3.05, 3.63) is 35.5 Å². The number of aryl methyl sites for hydroxylation is 1. The van der Waals surface area contributed by atoms with Gasteiger partial charge in [0.1, 0.15) is 0 Å². The Hall–Kier alpha value is -1.77. The summed E-state index contributed by atoms with van der Waals surface area (Å²) in [7, 11) is 0. The van der Waals surface area contributed by atoms with Gasteiger partial charge in [-0.05, 0) is 30.0 Å². The number of ether oxygens (including phenoxy) is 1. The molecule has 1 aromatic carbocycles. The lowest BCUT2D eigenvalue weighted by Gasteiger charge is -2.02. The Balaban J connectivity index is 2.10. The maximum atomic E-state index is 10.6. The Labute approximate surface area is 94.4 Å². The summed E-state index contributed by atoms with van der Waals surface area (Å²) in [5, 5.41) is 1.22. The average molecular weight is 217 g/mol. The number of aromatic nitrogens is 1. The molecule has 2 aromatic rings. The van der Waals surface area contributed by atoms with Crippen LogP contribution in [0.4, 0.5) is 0 Å². The standard InChI is InChI=1S/C13H15NO2/c1-9-7-12-4-3-11(8-13(12)14-9)5-6-16-10(2)15/h3-4,7-8,14H,5-6H2,1-2H3. The highest BCUT2D eigenvalue weighted by atomic mass is 16.5. The molecule has 0 aliphatic carbocycles. The van der Waals surface area contributed by atoms with Gasteiger partial charge in [-0.2, -0.15) is 0 Å². The summed E-state index contributed by atoms with van der Waals surface area (Å²) in [6.45, 7) is 3.91. The lowest BCUT2D eigenvalue weighted by molar-refractivity contribution is -0.140. The smallest absolute Gasteiger partial charge is 0.302 e. The van der Waals surface area contributed by atoms with Crippen LogP contribution in [0.25, 0.3) is 10.9 Å². The molecule has 16 heavy (non-hydrogen) atoms. The first kappa shape index (κ1) is 10.7. The van der Waals surface area contributed by atoms with Gasteiger partial charge in [0.15, 0.2) is 0 Å². The highest BCUT2D eigenvalue weighted by Gasteiger charge is 2.00. The number of rotatable bonds is 3. The minimum atomic E-state index is -0.225. The highest BCUT2D eigenvalue weighted by Crippen LogP contribution is 2.17. The first-order chi connectivity index (χ1) is 7.65. The van der Waals surface area contributed by atoms with E-state index in [0.29, 0.717) is 6.61 Å². The van der Waals surface area contributed by atoms with Crippen LogP contribution >= 0.6 is 0 Å². The second-order valence-corrected chi connectivity index (χ2v) is 3.96. The fourth-order valence-corrected chi connectivity index (χ4v) is 1.79. The van der Waals surface area contributed by atoms with Gasteiger partial charge < -0.3 is 9.72 Å². The SMILES string of the molecule is CC(=O)OCCc1ccc2cc(C)[nH]c2c1. The number of H-pyrrole nitrogens is 1. The van der Waals surface area contributed by atoms with Crippen molar-refractivity contribution in [2.24, 2.45) is 0 Å². The summed E-state index contributed by atoms with van der Waals surface area (Å²) in [6, 6.07) is 8.37. The Morgan fingerprint density at radius 2 is 2.19 bits per heavy atom. The van der Waals surface area contributed by atoms with E-state index in [4.69, 9.17) is 4.74 Å². The number of carbonyl (C=O) groups excluding carboxylic acids is 1. The maximum Gasteiger partial charge on any atom is 0.302 e.